The van der Waals surface area contributed by atoms with Crippen LogP contribution in [0.5, 0.6) is 5.75 Å². The molecule has 0 atom stereocenters. The lowest BCUT2D eigenvalue weighted by Crippen LogP contribution is -2.20. The van der Waals surface area contributed by atoms with Gasteiger partial charge in [0.15, 0.2) is 6.61 Å². The van der Waals surface area contributed by atoms with Crippen molar-refractivity contribution in [3.8, 4) is 5.75 Å². The van der Waals surface area contributed by atoms with Crippen LogP contribution in [0.4, 0.5) is 5.69 Å². The number of carboxylic acid groups (broad SMARTS) is 1. The molecule has 0 saturated carbocycles. The number of nitrogens with one attached hydrogen (secondary N) is 1. The minimum atomic E-state index is -1.46. The Kier molecular flexibility index (Phi) is 5.68. The van der Waals surface area contributed by atoms with E-state index < -0.39 is 11.8 Å². The van der Waals surface area contributed by atoms with Gasteiger partial charge >= 0.3 is 5.97 Å². The summed E-state index contributed by atoms with van der Waals surface area (Å²) in [4.78, 5) is 33.5. The largest absolute Gasteiger partial charge is 0.484 e. The molecule has 0 fully saturated rings. The summed E-state index contributed by atoms with van der Waals surface area (Å²) in [6, 6.07) is 13.8. The van der Waals surface area contributed by atoms with E-state index >= 15 is 0 Å². The summed E-state index contributed by atoms with van der Waals surface area (Å²) in [5, 5.41) is 11.2. The number of benzene rings is 2. The molecule has 2 rings (SSSR count). The fourth-order valence-electron chi connectivity index (χ4n) is 1.95. The maximum atomic E-state index is 11.8. The highest BCUT2D eigenvalue weighted by Crippen LogP contribution is 2.13. The number of hydrogen-bond donors (Lipinski definition) is 2. The van der Waals surface area contributed by atoms with Gasteiger partial charge in [0.1, 0.15) is 5.75 Å². The van der Waals surface area contributed by atoms with E-state index in [2.05, 4.69) is 5.32 Å². The molecule has 0 heterocycles. The molecule has 24 heavy (non-hydrogen) atoms. The van der Waals surface area contributed by atoms with Crippen molar-refractivity contribution in [2.45, 2.75) is 13.3 Å². The lowest BCUT2D eigenvalue weighted by Gasteiger charge is -2.08. The first-order valence-corrected chi connectivity index (χ1v) is 7.28. The molecular weight excluding hydrogens is 310 g/mol. The van der Waals surface area contributed by atoms with E-state index in [1.165, 1.54) is 0 Å². The summed E-state index contributed by atoms with van der Waals surface area (Å²) in [5.41, 5.74) is 2.21. The number of ketones is 1. The van der Waals surface area contributed by atoms with Crippen LogP contribution in [-0.2, 0) is 20.8 Å². The maximum Gasteiger partial charge on any atom is 0.372 e. The van der Waals surface area contributed by atoms with Crippen molar-refractivity contribution in [3.63, 3.8) is 0 Å². The third-order valence-electron chi connectivity index (χ3n) is 3.23. The zero-order valence-electron chi connectivity index (χ0n) is 13.1. The van der Waals surface area contributed by atoms with Gasteiger partial charge in [0.2, 0.25) is 5.78 Å². The molecule has 0 aliphatic heterocycles. The monoisotopic (exact) mass is 327 g/mol. The van der Waals surface area contributed by atoms with Crippen LogP contribution in [0.2, 0.25) is 0 Å². The second-order valence-corrected chi connectivity index (χ2v) is 5.25. The van der Waals surface area contributed by atoms with Crippen molar-refractivity contribution in [1.29, 1.82) is 0 Å². The Balaban J connectivity index is 1.84. The molecule has 2 aromatic rings. The van der Waals surface area contributed by atoms with Gasteiger partial charge in [-0.2, -0.15) is 0 Å². The first-order valence-electron chi connectivity index (χ1n) is 7.28. The predicted octanol–water partition coefficient (Wildman–Crippen LogP) is 2.21. The molecule has 0 aromatic heterocycles. The third kappa shape index (κ3) is 5.24. The van der Waals surface area contributed by atoms with Crippen LogP contribution in [0.15, 0.2) is 48.5 Å². The standard InChI is InChI=1S/C18H17NO5/c1-12-2-8-15(9-3-12)24-11-17(21)19-14-6-4-13(5-7-14)10-16(20)18(22)23/h2-9H,10-11H2,1H3,(H,19,21)(H,22,23). The number of aryl methyl sites for hydroxylation is 1. The SMILES string of the molecule is Cc1ccc(OCC(=O)Nc2ccc(CC(=O)C(=O)O)cc2)cc1. The van der Waals surface area contributed by atoms with Gasteiger partial charge in [0.25, 0.3) is 5.91 Å². The van der Waals surface area contributed by atoms with Gasteiger partial charge in [-0.3, -0.25) is 9.59 Å². The smallest absolute Gasteiger partial charge is 0.372 e. The van der Waals surface area contributed by atoms with Crippen LogP contribution >= 0.6 is 0 Å². The first-order chi connectivity index (χ1) is 11.4. The lowest BCUT2D eigenvalue weighted by molar-refractivity contribution is -0.148. The number of hydrogen-bond acceptors (Lipinski definition) is 4. The van der Waals surface area contributed by atoms with Crippen LogP contribution in [0.1, 0.15) is 11.1 Å². The van der Waals surface area contributed by atoms with Crippen molar-refractivity contribution in [1.82, 2.24) is 0 Å². The van der Waals surface area contributed by atoms with E-state index in [9.17, 15) is 14.4 Å². The molecule has 0 saturated heterocycles. The fraction of sp³-hybridized carbons (Fsp3) is 0.167. The summed E-state index contributed by atoms with van der Waals surface area (Å²) in [7, 11) is 0. The van der Waals surface area contributed by atoms with Crippen LogP contribution in [-0.4, -0.2) is 29.4 Å². The average molecular weight is 327 g/mol. The Hall–Kier alpha value is -3.15. The van der Waals surface area contributed by atoms with E-state index in [1.54, 1.807) is 36.4 Å². The second kappa shape index (κ2) is 7.92. The predicted molar refractivity (Wildman–Crippen MR) is 88.1 cm³/mol. The van der Waals surface area contributed by atoms with E-state index in [4.69, 9.17) is 9.84 Å². The molecule has 0 spiro atoms. The highest BCUT2D eigenvalue weighted by Gasteiger charge is 2.12. The van der Waals surface area contributed by atoms with E-state index in [0.29, 0.717) is 17.0 Å². The molecule has 6 nitrogen and oxygen atoms in total. The topological polar surface area (TPSA) is 92.7 Å². The van der Waals surface area contributed by atoms with Crippen molar-refractivity contribution in [2.24, 2.45) is 0 Å². The molecule has 2 N–H and O–H groups in total. The number of carboxylic acids is 1. The molecule has 0 bridgehead atoms. The zero-order valence-corrected chi connectivity index (χ0v) is 13.1. The summed E-state index contributed by atoms with van der Waals surface area (Å²) in [5.74, 6) is -2.04. The number of rotatable bonds is 7. The number of anilines is 1. The van der Waals surface area contributed by atoms with E-state index in [1.807, 2.05) is 19.1 Å². The summed E-state index contributed by atoms with van der Waals surface area (Å²) < 4.78 is 5.38. The van der Waals surface area contributed by atoms with Gasteiger partial charge in [-0.05, 0) is 36.8 Å². The normalized spacial score (nSPS) is 10.0. The average Bonchev–Trinajstić information content (AvgIpc) is 2.56. The van der Waals surface area contributed by atoms with Crippen molar-refractivity contribution < 1.29 is 24.2 Å². The minimum absolute atomic E-state index is 0.123. The number of Topliss-reactive ketones (excluding diaryl/α,β-unsaturated/α-hetero) is 1. The van der Waals surface area contributed by atoms with E-state index in [0.717, 1.165) is 5.56 Å². The highest BCUT2D eigenvalue weighted by molar-refractivity contribution is 6.33. The Morgan fingerprint density at radius 1 is 1.00 bits per heavy atom. The second-order valence-electron chi connectivity index (χ2n) is 5.25. The first kappa shape index (κ1) is 17.2. The van der Waals surface area contributed by atoms with Gasteiger partial charge in [0, 0.05) is 12.1 Å². The molecule has 2 aromatic carbocycles. The zero-order chi connectivity index (χ0) is 17.5. The molecule has 0 radical (unpaired) electrons. The lowest BCUT2D eigenvalue weighted by atomic mass is 10.1. The van der Waals surface area contributed by atoms with Crippen LogP contribution in [0.25, 0.3) is 0 Å². The molecule has 0 aliphatic rings. The number of carbonyl (C=O) groups excluding carboxylic acids is 2. The molecule has 0 unspecified atom stereocenters. The Labute approximate surface area is 139 Å². The maximum absolute atomic E-state index is 11.8. The Bertz CT molecular complexity index is 735. The quantitative estimate of drug-likeness (QED) is 0.761. The van der Waals surface area contributed by atoms with Crippen molar-refractivity contribution >= 4 is 23.3 Å². The molecule has 124 valence electrons. The Morgan fingerprint density at radius 2 is 1.62 bits per heavy atom. The molecule has 0 aliphatic carbocycles. The fourth-order valence-corrected chi connectivity index (χ4v) is 1.95. The van der Waals surface area contributed by atoms with Gasteiger partial charge < -0.3 is 15.2 Å². The molecule has 6 heteroatoms. The summed E-state index contributed by atoms with van der Waals surface area (Å²) in [6.07, 6.45) is -0.180. The van der Waals surface area contributed by atoms with E-state index in [-0.39, 0.29) is 18.9 Å². The third-order valence-corrected chi connectivity index (χ3v) is 3.23. The van der Waals surface area contributed by atoms with Crippen molar-refractivity contribution in [2.75, 3.05) is 11.9 Å². The van der Waals surface area contributed by atoms with Gasteiger partial charge in [-0.15, -0.1) is 0 Å². The number of ether oxygens (including phenoxy) is 1. The van der Waals surface area contributed by atoms with Gasteiger partial charge in [0.05, 0.1) is 0 Å². The number of carbonyl (C=O) groups is 3. The van der Waals surface area contributed by atoms with Crippen LogP contribution < -0.4 is 10.1 Å². The molecule has 1 amide bonds. The van der Waals surface area contributed by atoms with Crippen molar-refractivity contribution in [3.05, 3.63) is 59.7 Å². The summed E-state index contributed by atoms with van der Waals surface area (Å²) in [6.45, 7) is 1.84. The van der Waals surface area contributed by atoms with Gasteiger partial charge in [-0.1, -0.05) is 29.8 Å². The summed E-state index contributed by atoms with van der Waals surface area (Å²) >= 11 is 0. The Morgan fingerprint density at radius 3 is 2.21 bits per heavy atom. The van der Waals surface area contributed by atoms with Crippen LogP contribution in [0, 0.1) is 6.92 Å². The highest BCUT2D eigenvalue weighted by atomic mass is 16.5. The number of aliphatic carboxylic acids is 1. The minimum Gasteiger partial charge on any atom is -0.484 e. The van der Waals surface area contributed by atoms with Crippen LogP contribution in [0.3, 0.4) is 0 Å². The van der Waals surface area contributed by atoms with Gasteiger partial charge in [-0.25, -0.2) is 4.79 Å². The number of amides is 1. The molecular formula is C18H17NO5.